The van der Waals surface area contributed by atoms with E-state index in [0.717, 1.165) is 70.6 Å². The zero-order chi connectivity index (χ0) is 59.2. The van der Waals surface area contributed by atoms with Crippen molar-refractivity contribution in [2.24, 2.45) is 0 Å². The predicted molar refractivity (Wildman–Crippen MR) is 358 cm³/mol. The van der Waals surface area contributed by atoms with E-state index >= 15 is 0 Å². The summed E-state index contributed by atoms with van der Waals surface area (Å²) in [5, 5.41) is 0. The Morgan fingerprint density at radius 3 is 0.695 bits per heavy atom. The number of carbonyl (C=O) groups excluding carboxylic acids is 3. The molecule has 0 radical (unpaired) electrons. The highest BCUT2D eigenvalue weighted by molar-refractivity contribution is 5.71. The van der Waals surface area contributed by atoms with E-state index in [1.807, 2.05) is 0 Å². The molecule has 0 aliphatic rings. The van der Waals surface area contributed by atoms with Gasteiger partial charge in [0.2, 0.25) is 0 Å². The summed E-state index contributed by atoms with van der Waals surface area (Å²) in [6.45, 7) is 6.68. The summed E-state index contributed by atoms with van der Waals surface area (Å²) in [7, 11) is 0. The summed E-state index contributed by atoms with van der Waals surface area (Å²) in [4.78, 5) is 38.4. The lowest BCUT2D eigenvalue weighted by atomic mass is 10.0. The van der Waals surface area contributed by atoms with Crippen LogP contribution in [0, 0.1) is 0 Å². The van der Waals surface area contributed by atoms with Gasteiger partial charge in [-0.2, -0.15) is 0 Å². The van der Waals surface area contributed by atoms with Crippen LogP contribution >= 0.6 is 0 Å². The van der Waals surface area contributed by atoms with Crippen LogP contribution in [0.5, 0.6) is 0 Å². The third-order valence-electron chi connectivity index (χ3n) is 16.9. The lowest BCUT2D eigenvalue weighted by molar-refractivity contribution is -0.167. The van der Waals surface area contributed by atoms with Gasteiger partial charge in [-0.25, -0.2) is 0 Å². The standard InChI is InChI=1S/C76H142O6/c1-4-7-10-13-16-19-22-25-27-29-31-33-34-35-36-37-38-39-40-41-43-44-46-48-51-54-57-60-63-66-69-75(78)81-72-73(71-80-74(77)68-65-62-59-56-53-50-24-21-18-15-12-9-6-3)82-76(79)70-67-64-61-58-55-52-49-47-45-42-32-30-28-26-23-20-17-14-11-8-5-2/h21,23-24,26,30,32,73H,4-20,22,25,27-29,31,33-72H2,1-3H3/b24-21-,26-23-,32-30-. The van der Waals surface area contributed by atoms with Crippen LogP contribution in [0.4, 0.5) is 0 Å². The first-order valence-corrected chi connectivity index (χ1v) is 37.0. The van der Waals surface area contributed by atoms with Crippen LogP contribution < -0.4 is 0 Å². The highest BCUT2D eigenvalue weighted by Crippen LogP contribution is 2.19. The fourth-order valence-electron chi connectivity index (χ4n) is 11.3. The number of hydrogen-bond acceptors (Lipinski definition) is 6. The Kier molecular flexibility index (Phi) is 69.1. The van der Waals surface area contributed by atoms with Crippen LogP contribution in [0.15, 0.2) is 36.5 Å². The summed E-state index contributed by atoms with van der Waals surface area (Å²) in [6, 6.07) is 0. The van der Waals surface area contributed by atoms with Crippen LogP contribution in [0.3, 0.4) is 0 Å². The average molecular weight is 1150 g/mol. The minimum atomic E-state index is -0.777. The number of carbonyl (C=O) groups is 3. The predicted octanol–water partition coefficient (Wildman–Crippen LogP) is 25.5. The summed E-state index contributed by atoms with van der Waals surface area (Å²) in [5.74, 6) is -0.857. The van der Waals surface area contributed by atoms with E-state index in [0.29, 0.717) is 19.3 Å². The minimum absolute atomic E-state index is 0.0719. The van der Waals surface area contributed by atoms with E-state index in [1.54, 1.807) is 0 Å². The average Bonchev–Trinajstić information content (AvgIpc) is 3.47. The molecule has 0 saturated heterocycles. The quantitative estimate of drug-likeness (QED) is 0.0261. The van der Waals surface area contributed by atoms with Crippen molar-refractivity contribution in [2.75, 3.05) is 13.2 Å². The van der Waals surface area contributed by atoms with Gasteiger partial charge in [0.1, 0.15) is 13.2 Å². The van der Waals surface area contributed by atoms with Crippen molar-refractivity contribution in [1.82, 2.24) is 0 Å². The second kappa shape index (κ2) is 71.1. The van der Waals surface area contributed by atoms with Crippen LogP contribution in [0.1, 0.15) is 412 Å². The molecule has 0 saturated carbocycles. The highest BCUT2D eigenvalue weighted by atomic mass is 16.6. The van der Waals surface area contributed by atoms with E-state index in [-0.39, 0.29) is 31.1 Å². The van der Waals surface area contributed by atoms with Crippen molar-refractivity contribution < 1.29 is 28.6 Å². The van der Waals surface area contributed by atoms with Crippen molar-refractivity contribution in [3.63, 3.8) is 0 Å². The van der Waals surface area contributed by atoms with Gasteiger partial charge in [-0.3, -0.25) is 14.4 Å². The molecule has 0 aromatic carbocycles. The first-order chi connectivity index (χ1) is 40.5. The van der Waals surface area contributed by atoms with Gasteiger partial charge in [0.05, 0.1) is 0 Å². The first-order valence-electron chi connectivity index (χ1n) is 37.0. The molecule has 0 fully saturated rings. The Morgan fingerprint density at radius 1 is 0.244 bits per heavy atom. The largest absolute Gasteiger partial charge is 0.462 e. The molecule has 0 aromatic heterocycles. The maximum absolute atomic E-state index is 13.0. The number of hydrogen-bond donors (Lipinski definition) is 0. The monoisotopic (exact) mass is 1150 g/mol. The molecule has 0 aromatic rings. The fourth-order valence-corrected chi connectivity index (χ4v) is 11.3. The van der Waals surface area contributed by atoms with Crippen molar-refractivity contribution in [1.29, 1.82) is 0 Å². The topological polar surface area (TPSA) is 78.9 Å². The molecule has 0 aliphatic carbocycles. The van der Waals surface area contributed by atoms with Crippen molar-refractivity contribution in [2.45, 2.75) is 419 Å². The third-order valence-corrected chi connectivity index (χ3v) is 16.9. The van der Waals surface area contributed by atoms with Gasteiger partial charge in [-0.15, -0.1) is 0 Å². The molecule has 0 heterocycles. The molecular formula is C76H142O6. The smallest absolute Gasteiger partial charge is 0.306 e. The number of unbranched alkanes of at least 4 members (excludes halogenated alkanes) is 52. The number of ether oxygens (including phenoxy) is 3. The van der Waals surface area contributed by atoms with E-state index in [1.165, 1.54) is 302 Å². The molecule has 0 spiro atoms. The van der Waals surface area contributed by atoms with Gasteiger partial charge in [0.15, 0.2) is 6.10 Å². The Labute approximate surface area is 512 Å². The zero-order valence-corrected chi connectivity index (χ0v) is 55.5. The molecule has 1 atom stereocenters. The van der Waals surface area contributed by atoms with Gasteiger partial charge >= 0.3 is 17.9 Å². The second-order valence-electron chi connectivity index (χ2n) is 25.2. The second-order valence-corrected chi connectivity index (χ2v) is 25.2. The number of allylic oxidation sites excluding steroid dienone is 6. The number of esters is 3. The summed E-state index contributed by atoms with van der Waals surface area (Å²) in [5.41, 5.74) is 0. The molecule has 0 bridgehead atoms. The van der Waals surface area contributed by atoms with Crippen LogP contribution in [-0.4, -0.2) is 37.2 Å². The molecule has 0 rings (SSSR count). The normalized spacial score (nSPS) is 12.2. The van der Waals surface area contributed by atoms with E-state index in [2.05, 4.69) is 57.2 Å². The molecule has 0 N–H and O–H groups in total. The van der Waals surface area contributed by atoms with Gasteiger partial charge in [-0.1, -0.05) is 353 Å². The Balaban J connectivity index is 4.17. The van der Waals surface area contributed by atoms with Gasteiger partial charge < -0.3 is 14.2 Å². The lowest BCUT2D eigenvalue weighted by Crippen LogP contribution is -2.30. The Hall–Kier alpha value is -2.37. The molecule has 6 nitrogen and oxygen atoms in total. The van der Waals surface area contributed by atoms with Crippen molar-refractivity contribution >= 4 is 17.9 Å². The molecule has 6 heteroatoms. The Morgan fingerprint density at radius 2 is 0.439 bits per heavy atom. The van der Waals surface area contributed by atoms with Crippen LogP contribution in [0.25, 0.3) is 0 Å². The summed E-state index contributed by atoms with van der Waals surface area (Å²) < 4.78 is 17.0. The summed E-state index contributed by atoms with van der Waals surface area (Å²) in [6.07, 6.45) is 89.1. The van der Waals surface area contributed by atoms with E-state index in [4.69, 9.17) is 14.2 Å². The highest BCUT2D eigenvalue weighted by Gasteiger charge is 2.19. The molecular weight excluding hydrogens is 1010 g/mol. The SMILES string of the molecule is CCCCCC/C=C\CCCCCCCC(=O)OCC(COC(=O)CCCCCCCCCCCCCCCCCCCCCCCCCCCCCCCC)OC(=O)CCCCCCCCCCC/C=C\C/C=C\CCCCCCC. The van der Waals surface area contributed by atoms with Crippen molar-refractivity contribution in [3.05, 3.63) is 36.5 Å². The van der Waals surface area contributed by atoms with Crippen LogP contribution in [-0.2, 0) is 28.6 Å². The molecule has 0 aliphatic heterocycles. The maximum atomic E-state index is 13.0. The van der Waals surface area contributed by atoms with Gasteiger partial charge in [-0.05, 0) is 77.0 Å². The summed E-state index contributed by atoms with van der Waals surface area (Å²) >= 11 is 0. The maximum Gasteiger partial charge on any atom is 0.306 e. The van der Waals surface area contributed by atoms with Crippen molar-refractivity contribution in [3.8, 4) is 0 Å². The molecule has 0 amide bonds. The van der Waals surface area contributed by atoms with Crippen LogP contribution in [0.2, 0.25) is 0 Å². The van der Waals surface area contributed by atoms with E-state index in [9.17, 15) is 14.4 Å². The Bertz CT molecular complexity index is 1370. The van der Waals surface area contributed by atoms with E-state index < -0.39 is 6.10 Å². The van der Waals surface area contributed by atoms with Gasteiger partial charge in [0, 0.05) is 19.3 Å². The minimum Gasteiger partial charge on any atom is -0.462 e. The number of rotatable bonds is 69. The first kappa shape index (κ1) is 79.6. The van der Waals surface area contributed by atoms with Gasteiger partial charge in [0.25, 0.3) is 0 Å². The molecule has 82 heavy (non-hydrogen) atoms. The zero-order valence-electron chi connectivity index (χ0n) is 55.5. The molecule has 482 valence electrons. The lowest BCUT2D eigenvalue weighted by Gasteiger charge is -2.18. The fraction of sp³-hybridized carbons (Fsp3) is 0.882. The molecule has 1 unspecified atom stereocenters. The third kappa shape index (κ3) is 68.4.